The molecule has 0 aliphatic heterocycles. The number of hydrogen-bond donors (Lipinski definition) is 0. The molecule has 0 aromatic heterocycles. The minimum Gasteiger partial charge on any atom is -0.465 e. The molecule has 0 spiro atoms. The summed E-state index contributed by atoms with van der Waals surface area (Å²) in [7, 11) is 1.32. The van der Waals surface area contributed by atoms with Crippen LogP contribution in [-0.2, 0) is 23.9 Å². The van der Waals surface area contributed by atoms with Gasteiger partial charge in [0.2, 0.25) is 0 Å². The highest BCUT2D eigenvalue weighted by Gasteiger charge is 2.31. The Kier molecular flexibility index (Phi) is 5.71. The Hall–Kier alpha value is -1.23. The highest BCUT2D eigenvalue weighted by Crippen LogP contribution is 2.04. The highest BCUT2D eigenvalue weighted by atomic mass is 16.5. The fourth-order valence-corrected chi connectivity index (χ4v) is 0.975. The molecule has 5 nitrogen and oxygen atoms in total. The molecule has 0 saturated carbocycles. The van der Waals surface area contributed by atoms with Crippen LogP contribution in [-0.4, -0.2) is 37.9 Å². The molecule has 0 fully saturated rings. The van der Waals surface area contributed by atoms with Crippen LogP contribution < -0.4 is 0 Å². The molecule has 1 atom stereocenters. The van der Waals surface area contributed by atoms with Crippen LogP contribution in [0.25, 0.3) is 0 Å². The predicted molar refractivity (Wildman–Crippen MR) is 47.7 cm³/mol. The van der Waals surface area contributed by atoms with E-state index in [1.54, 1.807) is 6.92 Å². The smallest absolute Gasteiger partial charge is 0.324 e. The van der Waals surface area contributed by atoms with Gasteiger partial charge >= 0.3 is 5.97 Å². The molecule has 1 unspecified atom stereocenters. The van der Waals surface area contributed by atoms with E-state index in [0.29, 0.717) is 0 Å². The van der Waals surface area contributed by atoms with Crippen molar-refractivity contribution in [1.82, 2.24) is 0 Å². The van der Waals surface area contributed by atoms with Gasteiger partial charge in [-0.25, -0.2) is 0 Å². The third-order valence-corrected chi connectivity index (χ3v) is 1.54. The zero-order valence-corrected chi connectivity index (χ0v) is 8.53. The van der Waals surface area contributed by atoms with Crippen LogP contribution in [0.4, 0.5) is 0 Å². The number of Topliss-reactive ketones (excluding diaryl/α,β-unsaturated/α-hetero) is 2. The Morgan fingerprint density at radius 2 is 1.86 bits per heavy atom. The van der Waals surface area contributed by atoms with Crippen molar-refractivity contribution < 1.29 is 23.9 Å². The third kappa shape index (κ3) is 3.66. The standard InChI is InChI=1S/C9H14O5/c1-4-14-9(12)8(6(2)10)7(11)5-13-3/h8H,4-5H2,1-3H3. The number of carbonyl (C=O) groups excluding carboxylic acids is 3. The van der Waals surface area contributed by atoms with E-state index >= 15 is 0 Å². The van der Waals surface area contributed by atoms with Crippen molar-refractivity contribution in [2.45, 2.75) is 13.8 Å². The Balaban J connectivity index is 4.51. The summed E-state index contributed by atoms with van der Waals surface area (Å²) in [4.78, 5) is 33.4. The van der Waals surface area contributed by atoms with Crippen LogP contribution in [0.1, 0.15) is 13.8 Å². The lowest BCUT2D eigenvalue weighted by Crippen LogP contribution is -2.34. The molecule has 0 aromatic carbocycles. The summed E-state index contributed by atoms with van der Waals surface area (Å²) in [5.41, 5.74) is 0. The lowest BCUT2D eigenvalue weighted by molar-refractivity contribution is -0.155. The Morgan fingerprint density at radius 1 is 1.29 bits per heavy atom. The lowest BCUT2D eigenvalue weighted by atomic mass is 10.0. The number of hydrogen-bond acceptors (Lipinski definition) is 5. The zero-order valence-electron chi connectivity index (χ0n) is 8.53. The largest absolute Gasteiger partial charge is 0.465 e. The Labute approximate surface area is 82.4 Å². The van der Waals surface area contributed by atoms with Crippen LogP contribution in [0.2, 0.25) is 0 Å². The molecule has 0 aliphatic rings. The van der Waals surface area contributed by atoms with Gasteiger partial charge in [0.15, 0.2) is 17.5 Å². The van der Waals surface area contributed by atoms with E-state index in [0.717, 1.165) is 0 Å². The van der Waals surface area contributed by atoms with Gasteiger partial charge < -0.3 is 9.47 Å². The minimum atomic E-state index is -1.34. The summed E-state index contributed by atoms with van der Waals surface area (Å²) in [5.74, 6) is -3.24. The molecular formula is C9H14O5. The number of rotatable bonds is 6. The molecule has 14 heavy (non-hydrogen) atoms. The van der Waals surface area contributed by atoms with Crippen molar-refractivity contribution in [3.63, 3.8) is 0 Å². The second-order valence-electron chi connectivity index (χ2n) is 2.70. The van der Waals surface area contributed by atoms with Gasteiger partial charge in [-0.3, -0.25) is 14.4 Å². The SMILES string of the molecule is CCOC(=O)C(C(C)=O)C(=O)COC. The van der Waals surface area contributed by atoms with Crippen molar-refractivity contribution in [3.05, 3.63) is 0 Å². The van der Waals surface area contributed by atoms with Gasteiger partial charge in [0.1, 0.15) is 6.61 Å². The van der Waals surface area contributed by atoms with E-state index in [2.05, 4.69) is 9.47 Å². The van der Waals surface area contributed by atoms with Gasteiger partial charge in [0, 0.05) is 7.11 Å². The van der Waals surface area contributed by atoms with Crippen molar-refractivity contribution >= 4 is 17.5 Å². The summed E-state index contributed by atoms with van der Waals surface area (Å²) in [6, 6.07) is 0. The van der Waals surface area contributed by atoms with Gasteiger partial charge in [0.25, 0.3) is 0 Å². The Bertz CT molecular complexity index is 215. The summed E-state index contributed by atoms with van der Waals surface area (Å²) >= 11 is 0. The first-order valence-electron chi connectivity index (χ1n) is 4.23. The van der Waals surface area contributed by atoms with Gasteiger partial charge in [-0.1, -0.05) is 0 Å². The zero-order chi connectivity index (χ0) is 11.1. The monoisotopic (exact) mass is 202 g/mol. The highest BCUT2D eigenvalue weighted by molar-refractivity contribution is 6.16. The van der Waals surface area contributed by atoms with Crippen LogP contribution in [0.15, 0.2) is 0 Å². The van der Waals surface area contributed by atoms with Crippen LogP contribution in [0.3, 0.4) is 0 Å². The molecule has 0 rings (SSSR count). The Morgan fingerprint density at radius 3 is 2.21 bits per heavy atom. The molecule has 0 heterocycles. The maximum Gasteiger partial charge on any atom is 0.324 e. The number of methoxy groups -OCH3 is 1. The van der Waals surface area contributed by atoms with Crippen LogP contribution in [0.5, 0.6) is 0 Å². The minimum absolute atomic E-state index is 0.142. The number of ether oxygens (including phenoxy) is 2. The first-order valence-corrected chi connectivity index (χ1v) is 4.23. The quantitative estimate of drug-likeness (QED) is 0.447. The summed E-state index contributed by atoms with van der Waals surface area (Å²) in [6.07, 6.45) is 0. The number of esters is 1. The van der Waals surface area contributed by atoms with Gasteiger partial charge in [-0.15, -0.1) is 0 Å². The molecule has 5 heteroatoms. The van der Waals surface area contributed by atoms with E-state index < -0.39 is 23.5 Å². The van der Waals surface area contributed by atoms with Crippen LogP contribution >= 0.6 is 0 Å². The second kappa shape index (κ2) is 6.26. The maximum absolute atomic E-state index is 11.3. The van der Waals surface area contributed by atoms with Crippen molar-refractivity contribution in [2.24, 2.45) is 5.92 Å². The lowest BCUT2D eigenvalue weighted by Gasteiger charge is -2.10. The average molecular weight is 202 g/mol. The van der Waals surface area contributed by atoms with Crippen molar-refractivity contribution in [3.8, 4) is 0 Å². The van der Waals surface area contributed by atoms with E-state index in [-0.39, 0.29) is 13.2 Å². The summed E-state index contributed by atoms with van der Waals surface area (Å²) in [5, 5.41) is 0. The first-order chi connectivity index (χ1) is 6.54. The van der Waals surface area contributed by atoms with Crippen molar-refractivity contribution in [2.75, 3.05) is 20.3 Å². The fraction of sp³-hybridized carbons (Fsp3) is 0.667. The van der Waals surface area contributed by atoms with Gasteiger partial charge in [-0.2, -0.15) is 0 Å². The van der Waals surface area contributed by atoms with E-state index in [4.69, 9.17) is 0 Å². The molecule has 0 radical (unpaired) electrons. The van der Waals surface area contributed by atoms with Crippen LogP contribution in [0, 0.1) is 5.92 Å². The number of carbonyl (C=O) groups is 3. The summed E-state index contributed by atoms with van der Waals surface area (Å²) < 4.78 is 9.15. The van der Waals surface area contributed by atoms with Gasteiger partial charge in [-0.05, 0) is 13.8 Å². The molecule has 80 valence electrons. The molecule has 0 amide bonds. The second-order valence-corrected chi connectivity index (χ2v) is 2.70. The average Bonchev–Trinajstić information content (AvgIpc) is 2.04. The first kappa shape index (κ1) is 12.8. The summed E-state index contributed by atoms with van der Waals surface area (Å²) in [6.45, 7) is 2.66. The molecular weight excluding hydrogens is 188 g/mol. The maximum atomic E-state index is 11.3. The molecule has 0 bridgehead atoms. The van der Waals surface area contributed by atoms with Crippen molar-refractivity contribution in [1.29, 1.82) is 0 Å². The fourth-order valence-electron chi connectivity index (χ4n) is 0.975. The molecule has 0 saturated heterocycles. The topological polar surface area (TPSA) is 69.7 Å². The molecule has 0 N–H and O–H groups in total. The number of ketones is 2. The molecule has 0 aromatic rings. The van der Waals surface area contributed by atoms with E-state index in [1.165, 1.54) is 14.0 Å². The third-order valence-electron chi connectivity index (χ3n) is 1.54. The predicted octanol–water partition coefficient (Wildman–Crippen LogP) is -0.0298. The van der Waals surface area contributed by atoms with E-state index in [1.807, 2.05) is 0 Å². The molecule has 0 aliphatic carbocycles. The normalized spacial score (nSPS) is 11.9. The van der Waals surface area contributed by atoms with E-state index in [9.17, 15) is 14.4 Å². The van der Waals surface area contributed by atoms with Gasteiger partial charge in [0.05, 0.1) is 6.61 Å².